The van der Waals surface area contributed by atoms with E-state index >= 15 is 0 Å². The summed E-state index contributed by atoms with van der Waals surface area (Å²) in [5.41, 5.74) is 0.890. The van der Waals surface area contributed by atoms with Crippen molar-refractivity contribution in [1.82, 2.24) is 0 Å². The van der Waals surface area contributed by atoms with Gasteiger partial charge in [-0.25, -0.2) is 0 Å². The molecule has 1 unspecified atom stereocenters. The third-order valence-corrected chi connectivity index (χ3v) is 3.67. The van der Waals surface area contributed by atoms with Crippen LogP contribution >= 0.6 is 0 Å². The molecule has 8 heteroatoms. The van der Waals surface area contributed by atoms with Crippen molar-refractivity contribution in [3.05, 3.63) is 68.8 Å². The van der Waals surface area contributed by atoms with E-state index in [2.05, 4.69) is 0 Å². The number of rotatable bonds is 7. The maximum atomic E-state index is 10.7. The van der Waals surface area contributed by atoms with E-state index in [-0.39, 0.29) is 17.4 Å². The molecule has 2 aromatic carbocycles. The van der Waals surface area contributed by atoms with Crippen LogP contribution in [0, 0.1) is 20.2 Å². The average Bonchev–Trinajstić information content (AvgIpc) is 2.59. The molecule has 24 heavy (non-hydrogen) atoms. The van der Waals surface area contributed by atoms with E-state index < -0.39 is 9.85 Å². The van der Waals surface area contributed by atoms with E-state index in [0.717, 1.165) is 5.69 Å². The summed E-state index contributed by atoms with van der Waals surface area (Å²) in [6, 6.07) is 12.2. The highest BCUT2D eigenvalue weighted by molar-refractivity contribution is 5.51. The highest BCUT2D eigenvalue weighted by atomic mass is 16.6. The van der Waals surface area contributed by atoms with Crippen LogP contribution in [0.3, 0.4) is 0 Å². The van der Waals surface area contributed by atoms with Crippen LogP contribution in [0.15, 0.2) is 48.5 Å². The Balaban J connectivity index is 1.94. The Bertz CT molecular complexity index is 715. The SMILES string of the molecule is CC(COc1ccc([N+](=O)[O-])cc1)N(C)c1ccc([N+](=O)[O-])cc1. The number of likely N-dealkylation sites (N-methyl/N-ethyl adjacent to an activating group) is 1. The molecule has 0 amide bonds. The van der Waals surface area contributed by atoms with Gasteiger partial charge in [0.25, 0.3) is 11.4 Å². The van der Waals surface area contributed by atoms with Gasteiger partial charge in [-0.2, -0.15) is 0 Å². The number of nitrogens with zero attached hydrogens (tertiary/aromatic N) is 3. The Hall–Kier alpha value is -3.16. The molecule has 0 aliphatic heterocycles. The number of hydrogen-bond acceptors (Lipinski definition) is 6. The maximum absolute atomic E-state index is 10.7. The molecule has 0 fully saturated rings. The van der Waals surface area contributed by atoms with Crippen molar-refractivity contribution in [2.45, 2.75) is 13.0 Å². The van der Waals surface area contributed by atoms with Crippen LogP contribution in [0.5, 0.6) is 5.75 Å². The Morgan fingerprint density at radius 2 is 1.42 bits per heavy atom. The van der Waals surface area contributed by atoms with Gasteiger partial charge in [-0.1, -0.05) is 0 Å². The molecular weight excluding hydrogens is 314 g/mol. The van der Waals surface area contributed by atoms with E-state index in [1.807, 2.05) is 18.9 Å². The normalized spacial score (nSPS) is 11.6. The van der Waals surface area contributed by atoms with E-state index in [0.29, 0.717) is 12.4 Å². The van der Waals surface area contributed by atoms with Crippen LogP contribution in [-0.2, 0) is 0 Å². The number of hydrogen-bond donors (Lipinski definition) is 0. The molecule has 0 aromatic heterocycles. The van der Waals surface area contributed by atoms with Crippen molar-refractivity contribution in [3.8, 4) is 5.75 Å². The molecule has 0 aliphatic carbocycles. The summed E-state index contributed by atoms with van der Waals surface area (Å²) in [7, 11) is 1.87. The van der Waals surface area contributed by atoms with Crippen LogP contribution < -0.4 is 9.64 Å². The average molecular weight is 331 g/mol. The monoisotopic (exact) mass is 331 g/mol. The van der Waals surface area contributed by atoms with Crippen LogP contribution in [0.4, 0.5) is 17.1 Å². The Morgan fingerprint density at radius 3 is 1.88 bits per heavy atom. The third kappa shape index (κ3) is 4.19. The van der Waals surface area contributed by atoms with Crippen LogP contribution in [-0.4, -0.2) is 29.5 Å². The second kappa shape index (κ2) is 7.40. The van der Waals surface area contributed by atoms with Crippen molar-refractivity contribution >= 4 is 17.1 Å². The summed E-state index contributed by atoms with van der Waals surface area (Å²) in [4.78, 5) is 22.3. The van der Waals surface area contributed by atoms with Gasteiger partial charge in [-0.3, -0.25) is 20.2 Å². The Labute approximate surface area is 138 Å². The predicted octanol–water partition coefficient (Wildman–Crippen LogP) is 3.41. The summed E-state index contributed by atoms with van der Waals surface area (Å²) < 4.78 is 5.63. The molecule has 126 valence electrons. The summed E-state index contributed by atoms with van der Waals surface area (Å²) in [5, 5.41) is 21.3. The topological polar surface area (TPSA) is 98.8 Å². The largest absolute Gasteiger partial charge is 0.491 e. The van der Waals surface area contributed by atoms with Crippen LogP contribution in [0.1, 0.15) is 6.92 Å². The minimum Gasteiger partial charge on any atom is -0.491 e. The molecular formula is C16H17N3O5. The molecule has 0 bridgehead atoms. The van der Waals surface area contributed by atoms with Gasteiger partial charge in [-0.05, 0) is 31.2 Å². The minimum absolute atomic E-state index is 0.00153. The molecule has 0 saturated carbocycles. The van der Waals surface area contributed by atoms with Crippen molar-refractivity contribution in [2.75, 3.05) is 18.6 Å². The quantitative estimate of drug-likeness (QED) is 0.569. The first-order chi connectivity index (χ1) is 11.4. The summed E-state index contributed by atoms with van der Waals surface area (Å²) in [5.74, 6) is 0.546. The molecule has 0 saturated heterocycles. The third-order valence-electron chi connectivity index (χ3n) is 3.67. The van der Waals surface area contributed by atoms with Crippen LogP contribution in [0.25, 0.3) is 0 Å². The highest BCUT2D eigenvalue weighted by Crippen LogP contribution is 2.21. The van der Waals surface area contributed by atoms with Crippen molar-refractivity contribution < 1.29 is 14.6 Å². The number of non-ortho nitro benzene ring substituents is 2. The molecule has 2 rings (SSSR count). The second-order valence-electron chi connectivity index (χ2n) is 5.30. The maximum Gasteiger partial charge on any atom is 0.269 e. The molecule has 0 N–H and O–H groups in total. The van der Waals surface area contributed by atoms with Gasteiger partial charge in [0, 0.05) is 37.0 Å². The first kappa shape index (κ1) is 17.2. The van der Waals surface area contributed by atoms with Gasteiger partial charge in [0.15, 0.2) is 0 Å². The lowest BCUT2D eigenvalue weighted by Crippen LogP contribution is -2.34. The fraction of sp³-hybridized carbons (Fsp3) is 0.250. The van der Waals surface area contributed by atoms with Gasteiger partial charge >= 0.3 is 0 Å². The number of anilines is 1. The predicted molar refractivity (Wildman–Crippen MR) is 89.6 cm³/mol. The van der Waals surface area contributed by atoms with Gasteiger partial charge in [0.05, 0.1) is 15.9 Å². The van der Waals surface area contributed by atoms with Gasteiger partial charge in [0.1, 0.15) is 12.4 Å². The number of benzene rings is 2. The van der Waals surface area contributed by atoms with Crippen LogP contribution in [0.2, 0.25) is 0 Å². The Kier molecular flexibility index (Phi) is 5.31. The van der Waals surface area contributed by atoms with E-state index in [9.17, 15) is 20.2 Å². The molecule has 0 radical (unpaired) electrons. The molecule has 0 aliphatic rings. The highest BCUT2D eigenvalue weighted by Gasteiger charge is 2.13. The zero-order valence-electron chi connectivity index (χ0n) is 13.3. The fourth-order valence-corrected chi connectivity index (χ4v) is 2.06. The lowest BCUT2D eigenvalue weighted by Gasteiger charge is -2.27. The number of nitro benzene ring substituents is 2. The summed E-state index contributed by atoms with van der Waals surface area (Å²) in [6.07, 6.45) is 0. The van der Waals surface area contributed by atoms with E-state index in [4.69, 9.17) is 4.74 Å². The minimum atomic E-state index is -0.464. The molecule has 0 heterocycles. The molecule has 8 nitrogen and oxygen atoms in total. The van der Waals surface area contributed by atoms with Gasteiger partial charge < -0.3 is 9.64 Å². The standard InChI is InChI=1S/C16H17N3O5/c1-12(11-24-16-9-7-15(8-10-16)19(22)23)17(2)13-3-5-14(6-4-13)18(20)21/h3-10,12H,11H2,1-2H3. The second-order valence-corrected chi connectivity index (χ2v) is 5.30. The lowest BCUT2D eigenvalue weighted by molar-refractivity contribution is -0.385. The number of nitro groups is 2. The zero-order valence-corrected chi connectivity index (χ0v) is 13.3. The lowest BCUT2D eigenvalue weighted by atomic mass is 10.2. The smallest absolute Gasteiger partial charge is 0.269 e. The summed E-state index contributed by atoms with van der Waals surface area (Å²) in [6.45, 7) is 2.32. The van der Waals surface area contributed by atoms with Crippen molar-refractivity contribution in [1.29, 1.82) is 0 Å². The first-order valence-electron chi connectivity index (χ1n) is 7.23. The molecule has 1 atom stereocenters. The first-order valence-corrected chi connectivity index (χ1v) is 7.23. The molecule has 0 spiro atoms. The van der Waals surface area contributed by atoms with Crippen molar-refractivity contribution in [2.24, 2.45) is 0 Å². The van der Waals surface area contributed by atoms with E-state index in [1.165, 1.54) is 24.3 Å². The summed E-state index contributed by atoms with van der Waals surface area (Å²) >= 11 is 0. The molecule has 2 aromatic rings. The number of ether oxygens (including phenoxy) is 1. The van der Waals surface area contributed by atoms with Crippen molar-refractivity contribution in [3.63, 3.8) is 0 Å². The van der Waals surface area contributed by atoms with E-state index in [1.54, 1.807) is 24.3 Å². The van der Waals surface area contributed by atoms with Gasteiger partial charge in [0.2, 0.25) is 0 Å². The fourth-order valence-electron chi connectivity index (χ4n) is 2.06. The zero-order chi connectivity index (χ0) is 17.7. The van der Waals surface area contributed by atoms with Gasteiger partial charge in [-0.15, -0.1) is 0 Å². The Morgan fingerprint density at radius 1 is 0.958 bits per heavy atom.